The number of rotatable bonds is 7. The Morgan fingerprint density at radius 2 is 1.69 bits per heavy atom. The van der Waals surface area contributed by atoms with Crippen LogP contribution < -0.4 is 14.8 Å². The average Bonchev–Trinajstić information content (AvgIpc) is 3.15. The Bertz CT molecular complexity index is 988. The highest BCUT2D eigenvalue weighted by Crippen LogP contribution is 2.35. The van der Waals surface area contributed by atoms with E-state index in [2.05, 4.69) is 5.32 Å². The maximum atomic E-state index is 12.6. The van der Waals surface area contributed by atoms with Gasteiger partial charge >= 0.3 is 0 Å². The van der Waals surface area contributed by atoms with Crippen molar-refractivity contribution in [1.29, 1.82) is 0 Å². The fourth-order valence-electron chi connectivity index (χ4n) is 3.00. The fourth-order valence-corrected chi connectivity index (χ4v) is 3.90. The zero-order valence-electron chi connectivity index (χ0n) is 16.9. The number of hydrogen-bond acceptors (Lipinski definition) is 6. The zero-order valence-corrected chi connectivity index (χ0v) is 17.7. The number of ether oxygens (including phenoxy) is 2. The van der Waals surface area contributed by atoms with Gasteiger partial charge < -0.3 is 19.7 Å². The summed E-state index contributed by atoms with van der Waals surface area (Å²) < 4.78 is 36.2. The Kier molecular flexibility index (Phi) is 6.11. The van der Waals surface area contributed by atoms with Gasteiger partial charge in [0.1, 0.15) is 0 Å². The molecule has 0 saturated heterocycles. The largest absolute Gasteiger partial charge is 0.454 e. The van der Waals surface area contributed by atoms with E-state index in [4.69, 9.17) is 9.47 Å². The Balaban J connectivity index is 1.69. The van der Waals surface area contributed by atoms with E-state index in [1.807, 2.05) is 37.2 Å². The Labute approximate surface area is 171 Å². The lowest BCUT2D eigenvalue weighted by Gasteiger charge is -2.25. The monoisotopic (exact) mass is 419 g/mol. The molecule has 1 atom stereocenters. The third-order valence-corrected chi connectivity index (χ3v) is 6.59. The van der Waals surface area contributed by atoms with Crippen LogP contribution in [0.1, 0.15) is 22.0 Å². The molecule has 156 valence electrons. The van der Waals surface area contributed by atoms with Crippen molar-refractivity contribution in [2.24, 2.45) is 0 Å². The van der Waals surface area contributed by atoms with Crippen LogP contribution in [0.3, 0.4) is 0 Å². The normalized spacial score (nSPS) is 14.3. The second-order valence-corrected chi connectivity index (χ2v) is 9.27. The highest BCUT2D eigenvalue weighted by Gasteiger charge is 2.21. The number of carbonyl (C=O) groups is 1. The van der Waals surface area contributed by atoms with Crippen molar-refractivity contribution in [2.75, 3.05) is 41.5 Å². The van der Waals surface area contributed by atoms with Gasteiger partial charge in [0.05, 0.1) is 10.9 Å². The van der Waals surface area contributed by atoms with Crippen LogP contribution in [0, 0.1) is 0 Å². The highest BCUT2D eigenvalue weighted by atomic mass is 32.2. The lowest BCUT2D eigenvalue weighted by atomic mass is 10.0. The maximum absolute atomic E-state index is 12.6. The predicted molar refractivity (Wildman–Crippen MR) is 109 cm³/mol. The van der Waals surface area contributed by atoms with Crippen LogP contribution in [0.2, 0.25) is 0 Å². The van der Waals surface area contributed by atoms with Gasteiger partial charge in [-0.2, -0.15) is 0 Å². The summed E-state index contributed by atoms with van der Waals surface area (Å²) in [6, 6.07) is 11.6. The Morgan fingerprint density at radius 1 is 1.03 bits per heavy atom. The molecule has 0 bridgehead atoms. The molecule has 2 aromatic carbocycles. The minimum absolute atomic E-state index is 0.0677. The van der Waals surface area contributed by atoms with Crippen LogP contribution in [0.4, 0.5) is 0 Å². The standard InChI is InChI=1S/C20H25N3O5S/c1-22(2)17(15-7-10-18-19(11-15)28-13-27-18)12-21-20(24)14-5-8-16(9-6-14)29(25,26)23(3)4/h5-11,17H,12-13H2,1-4H3,(H,21,24)/t17-/m0/s1. The first-order valence-corrected chi connectivity index (χ1v) is 10.5. The molecule has 2 aromatic rings. The molecule has 1 heterocycles. The number of carbonyl (C=O) groups excluding carboxylic acids is 1. The van der Waals surface area contributed by atoms with Crippen LogP contribution in [-0.2, 0) is 10.0 Å². The molecule has 1 N–H and O–H groups in total. The third kappa shape index (κ3) is 4.52. The van der Waals surface area contributed by atoms with Crippen LogP contribution in [0.15, 0.2) is 47.4 Å². The van der Waals surface area contributed by atoms with Gasteiger partial charge in [-0.05, 0) is 56.1 Å². The van der Waals surface area contributed by atoms with Crippen molar-refractivity contribution in [1.82, 2.24) is 14.5 Å². The maximum Gasteiger partial charge on any atom is 0.251 e. The number of benzene rings is 2. The molecule has 3 rings (SSSR count). The van der Waals surface area contributed by atoms with Crippen LogP contribution in [-0.4, -0.2) is 65.1 Å². The van der Waals surface area contributed by atoms with E-state index in [1.54, 1.807) is 0 Å². The highest BCUT2D eigenvalue weighted by molar-refractivity contribution is 7.89. The number of hydrogen-bond donors (Lipinski definition) is 1. The molecule has 0 radical (unpaired) electrons. The molecule has 8 nitrogen and oxygen atoms in total. The number of amides is 1. The number of likely N-dealkylation sites (N-methyl/N-ethyl adjacent to an activating group) is 1. The summed E-state index contributed by atoms with van der Waals surface area (Å²) in [7, 11) is 3.27. The van der Waals surface area contributed by atoms with Crippen molar-refractivity contribution in [3.8, 4) is 11.5 Å². The molecule has 0 spiro atoms. The van der Waals surface area contributed by atoms with Gasteiger partial charge in [-0.1, -0.05) is 6.07 Å². The fraction of sp³-hybridized carbons (Fsp3) is 0.350. The molecule has 1 amide bonds. The first-order valence-electron chi connectivity index (χ1n) is 9.07. The summed E-state index contributed by atoms with van der Waals surface area (Å²) in [5.74, 6) is 1.13. The first-order chi connectivity index (χ1) is 13.7. The molecule has 0 unspecified atom stereocenters. The summed E-state index contributed by atoms with van der Waals surface area (Å²) in [5, 5.41) is 2.92. The molecular formula is C20H25N3O5S. The quantitative estimate of drug-likeness (QED) is 0.735. The summed E-state index contributed by atoms with van der Waals surface area (Å²) in [4.78, 5) is 14.7. The molecule has 1 aliphatic rings. The van der Waals surface area contributed by atoms with E-state index in [0.717, 1.165) is 9.87 Å². The van der Waals surface area contributed by atoms with E-state index < -0.39 is 10.0 Å². The van der Waals surface area contributed by atoms with Gasteiger partial charge in [0.2, 0.25) is 16.8 Å². The van der Waals surface area contributed by atoms with E-state index in [-0.39, 0.29) is 23.6 Å². The Hall–Kier alpha value is -2.62. The molecule has 1 aliphatic heterocycles. The average molecular weight is 420 g/mol. The number of sulfonamides is 1. The SMILES string of the molecule is CN(C)[C@@H](CNC(=O)c1ccc(S(=O)(=O)N(C)C)cc1)c1ccc2c(c1)OCO2. The predicted octanol–water partition coefficient (Wildman–Crippen LogP) is 1.70. The first kappa shape index (κ1) is 21.1. The Morgan fingerprint density at radius 3 is 2.31 bits per heavy atom. The smallest absolute Gasteiger partial charge is 0.251 e. The lowest BCUT2D eigenvalue weighted by Crippen LogP contribution is -2.34. The molecule has 29 heavy (non-hydrogen) atoms. The van der Waals surface area contributed by atoms with Crippen molar-refractivity contribution in [3.63, 3.8) is 0 Å². The molecule has 0 aromatic heterocycles. The lowest BCUT2D eigenvalue weighted by molar-refractivity contribution is 0.0942. The third-order valence-electron chi connectivity index (χ3n) is 4.76. The summed E-state index contributed by atoms with van der Waals surface area (Å²) >= 11 is 0. The minimum Gasteiger partial charge on any atom is -0.454 e. The van der Waals surface area contributed by atoms with Gasteiger partial charge in [-0.15, -0.1) is 0 Å². The van der Waals surface area contributed by atoms with E-state index >= 15 is 0 Å². The van der Waals surface area contributed by atoms with Gasteiger partial charge in [-0.25, -0.2) is 12.7 Å². The van der Waals surface area contributed by atoms with Crippen LogP contribution in [0.5, 0.6) is 11.5 Å². The molecule has 9 heteroatoms. The van der Waals surface area contributed by atoms with Crippen molar-refractivity contribution >= 4 is 15.9 Å². The molecule has 0 fully saturated rings. The summed E-state index contributed by atoms with van der Waals surface area (Å²) in [6.45, 7) is 0.588. The van der Waals surface area contributed by atoms with Gasteiger partial charge in [0.15, 0.2) is 11.5 Å². The molecule has 0 aliphatic carbocycles. The van der Waals surface area contributed by atoms with Crippen molar-refractivity contribution in [3.05, 3.63) is 53.6 Å². The molecule has 0 saturated carbocycles. The minimum atomic E-state index is -3.52. The van der Waals surface area contributed by atoms with E-state index in [0.29, 0.717) is 23.6 Å². The summed E-state index contributed by atoms with van der Waals surface area (Å²) in [6.07, 6.45) is 0. The van der Waals surface area contributed by atoms with Gasteiger partial charge in [0, 0.05) is 26.2 Å². The topological polar surface area (TPSA) is 88.2 Å². The van der Waals surface area contributed by atoms with Crippen LogP contribution >= 0.6 is 0 Å². The number of nitrogens with zero attached hydrogens (tertiary/aromatic N) is 2. The van der Waals surface area contributed by atoms with Gasteiger partial charge in [-0.3, -0.25) is 4.79 Å². The zero-order chi connectivity index (χ0) is 21.2. The second kappa shape index (κ2) is 8.40. The molecular weight excluding hydrogens is 394 g/mol. The summed E-state index contributed by atoms with van der Waals surface area (Å²) in [5.41, 5.74) is 1.39. The van der Waals surface area contributed by atoms with Crippen LogP contribution in [0.25, 0.3) is 0 Å². The van der Waals surface area contributed by atoms with Crippen molar-refractivity contribution in [2.45, 2.75) is 10.9 Å². The second-order valence-electron chi connectivity index (χ2n) is 7.11. The number of fused-ring (bicyclic) bond motifs is 1. The van der Waals surface area contributed by atoms with Crippen molar-refractivity contribution < 1.29 is 22.7 Å². The number of nitrogens with one attached hydrogen (secondary N) is 1. The van der Waals surface area contributed by atoms with E-state index in [9.17, 15) is 13.2 Å². The van der Waals surface area contributed by atoms with Gasteiger partial charge in [0.25, 0.3) is 5.91 Å². The van der Waals surface area contributed by atoms with E-state index in [1.165, 1.54) is 38.4 Å².